The van der Waals surface area contributed by atoms with Crippen LogP contribution < -0.4 is 10.6 Å². The maximum atomic E-state index is 13.2. The number of rotatable bonds is 12. The van der Waals surface area contributed by atoms with E-state index in [0.717, 1.165) is 16.8 Å². The highest BCUT2D eigenvalue weighted by Gasteiger charge is 2.13. The molecule has 0 heterocycles. The molecule has 0 aliphatic heterocycles. The predicted molar refractivity (Wildman–Crippen MR) is 137 cm³/mol. The first-order valence-corrected chi connectivity index (χ1v) is 11.6. The van der Waals surface area contributed by atoms with Crippen molar-refractivity contribution < 1.29 is 19.1 Å². The minimum atomic E-state index is -0.808. The zero-order chi connectivity index (χ0) is 25.0. The minimum Gasteiger partial charge on any atom is -0.481 e. The molecule has 0 radical (unpaired) electrons. The number of benzene rings is 3. The van der Waals surface area contributed by atoms with Gasteiger partial charge in [-0.2, -0.15) is 0 Å². The van der Waals surface area contributed by atoms with Crippen molar-refractivity contribution in [2.45, 2.75) is 45.2 Å². The molecule has 3 aromatic carbocycles. The first kappa shape index (κ1) is 25.6. The van der Waals surface area contributed by atoms with E-state index in [9.17, 15) is 14.0 Å². The topological polar surface area (TPSA) is 90.8 Å². The van der Waals surface area contributed by atoms with Crippen molar-refractivity contribution in [2.24, 2.45) is 4.99 Å². The van der Waals surface area contributed by atoms with E-state index >= 15 is 0 Å². The van der Waals surface area contributed by atoms with Crippen molar-refractivity contribution in [1.29, 1.82) is 0 Å². The van der Waals surface area contributed by atoms with Gasteiger partial charge in [0.05, 0.1) is 17.4 Å². The molecular formula is C28H30FN3O3. The number of amides is 1. The van der Waals surface area contributed by atoms with E-state index in [4.69, 9.17) is 5.11 Å². The third-order valence-electron chi connectivity index (χ3n) is 5.51. The van der Waals surface area contributed by atoms with E-state index in [1.165, 1.54) is 12.1 Å². The molecule has 0 saturated carbocycles. The highest BCUT2D eigenvalue weighted by atomic mass is 19.1. The lowest BCUT2D eigenvalue weighted by Gasteiger charge is -2.15. The number of carboxylic acid groups (broad SMARTS) is 1. The number of hydrogen-bond acceptors (Lipinski definition) is 4. The average Bonchev–Trinajstić information content (AvgIpc) is 2.86. The quantitative estimate of drug-likeness (QED) is 0.212. The summed E-state index contributed by atoms with van der Waals surface area (Å²) in [5.41, 5.74) is 3.75. The summed E-state index contributed by atoms with van der Waals surface area (Å²) < 4.78 is 13.2. The molecule has 182 valence electrons. The summed E-state index contributed by atoms with van der Waals surface area (Å²) in [7, 11) is 0. The monoisotopic (exact) mass is 475 g/mol. The van der Waals surface area contributed by atoms with Gasteiger partial charge in [0.25, 0.3) is 5.91 Å². The molecule has 0 saturated heterocycles. The lowest BCUT2D eigenvalue weighted by molar-refractivity contribution is -0.137. The van der Waals surface area contributed by atoms with Crippen LogP contribution in [-0.2, 0) is 11.3 Å². The molecule has 0 spiro atoms. The summed E-state index contributed by atoms with van der Waals surface area (Å²) in [6, 6.07) is 21.1. The Morgan fingerprint density at radius 1 is 1.03 bits per heavy atom. The second kappa shape index (κ2) is 13.0. The molecule has 0 aromatic heterocycles. The fraction of sp³-hybridized carbons (Fsp3) is 0.250. The smallest absolute Gasteiger partial charge is 0.303 e. The molecule has 3 N–H and O–H groups in total. The van der Waals surface area contributed by atoms with Gasteiger partial charge in [0.2, 0.25) is 0 Å². The molecule has 7 heteroatoms. The van der Waals surface area contributed by atoms with Crippen LogP contribution in [-0.4, -0.2) is 23.2 Å². The van der Waals surface area contributed by atoms with Crippen molar-refractivity contribution in [2.75, 3.05) is 5.32 Å². The number of unbranched alkanes of at least 4 members (excludes halogenated alkanes) is 2. The van der Waals surface area contributed by atoms with E-state index in [2.05, 4.69) is 15.6 Å². The molecule has 0 aliphatic carbocycles. The fourth-order valence-electron chi connectivity index (χ4n) is 3.51. The van der Waals surface area contributed by atoms with Crippen LogP contribution >= 0.6 is 0 Å². The second-order valence-electron chi connectivity index (χ2n) is 8.27. The van der Waals surface area contributed by atoms with Crippen LogP contribution in [0.4, 0.5) is 15.8 Å². The van der Waals surface area contributed by atoms with Crippen molar-refractivity contribution in [3.63, 3.8) is 0 Å². The van der Waals surface area contributed by atoms with Gasteiger partial charge in [-0.3, -0.25) is 14.6 Å². The van der Waals surface area contributed by atoms with Gasteiger partial charge in [0.1, 0.15) is 5.82 Å². The minimum absolute atomic E-state index is 0.133. The van der Waals surface area contributed by atoms with Crippen molar-refractivity contribution >= 4 is 29.5 Å². The van der Waals surface area contributed by atoms with Gasteiger partial charge in [-0.1, -0.05) is 42.5 Å². The van der Waals surface area contributed by atoms with E-state index in [1.54, 1.807) is 30.5 Å². The third-order valence-corrected chi connectivity index (χ3v) is 5.51. The Morgan fingerprint density at radius 2 is 1.77 bits per heavy atom. The number of halogens is 1. The van der Waals surface area contributed by atoms with Crippen LogP contribution in [0.3, 0.4) is 0 Å². The average molecular weight is 476 g/mol. The first-order valence-electron chi connectivity index (χ1n) is 11.6. The van der Waals surface area contributed by atoms with Gasteiger partial charge in [0, 0.05) is 24.7 Å². The number of hydrogen-bond donors (Lipinski definition) is 3. The van der Waals surface area contributed by atoms with Crippen LogP contribution in [0.15, 0.2) is 77.8 Å². The summed E-state index contributed by atoms with van der Waals surface area (Å²) in [6.45, 7) is 2.40. The number of anilines is 1. The van der Waals surface area contributed by atoms with Gasteiger partial charge >= 0.3 is 5.97 Å². The molecule has 0 aliphatic rings. The molecule has 6 nitrogen and oxygen atoms in total. The van der Waals surface area contributed by atoms with Gasteiger partial charge in [0.15, 0.2) is 0 Å². The lowest BCUT2D eigenvalue weighted by Crippen LogP contribution is -2.26. The molecule has 3 rings (SSSR count). The summed E-state index contributed by atoms with van der Waals surface area (Å²) in [5, 5.41) is 15.1. The molecule has 1 atom stereocenters. The Balaban J connectivity index is 1.72. The number of aliphatic imine (C=N–C) groups is 1. The lowest BCUT2D eigenvalue weighted by atomic mass is 10.1. The second-order valence-corrected chi connectivity index (χ2v) is 8.27. The maximum Gasteiger partial charge on any atom is 0.303 e. The Hall–Kier alpha value is -4.00. The van der Waals surface area contributed by atoms with Crippen LogP contribution in [0.2, 0.25) is 0 Å². The van der Waals surface area contributed by atoms with Crippen LogP contribution in [0, 0.1) is 5.82 Å². The van der Waals surface area contributed by atoms with E-state index in [-0.39, 0.29) is 24.2 Å². The van der Waals surface area contributed by atoms with E-state index in [0.29, 0.717) is 37.1 Å². The molecule has 3 aromatic rings. The number of nitrogens with zero attached hydrogens (tertiary/aromatic N) is 1. The summed E-state index contributed by atoms with van der Waals surface area (Å²) in [6.07, 6.45) is 3.80. The van der Waals surface area contributed by atoms with Crippen LogP contribution in [0.5, 0.6) is 0 Å². The normalized spacial score (nSPS) is 11.8. The number of carboxylic acids is 1. The third kappa shape index (κ3) is 8.37. The largest absolute Gasteiger partial charge is 0.481 e. The summed E-state index contributed by atoms with van der Waals surface area (Å²) in [4.78, 5) is 28.1. The van der Waals surface area contributed by atoms with Gasteiger partial charge in [-0.25, -0.2) is 4.39 Å². The summed E-state index contributed by atoms with van der Waals surface area (Å²) in [5.74, 6) is -1.30. The van der Waals surface area contributed by atoms with Crippen molar-refractivity contribution in [3.8, 4) is 0 Å². The first-order chi connectivity index (χ1) is 16.9. The highest BCUT2D eigenvalue weighted by molar-refractivity contribution is 5.96. The van der Waals surface area contributed by atoms with Crippen molar-refractivity contribution in [1.82, 2.24) is 5.32 Å². The number of carbonyl (C=O) groups is 2. The molecule has 1 amide bonds. The standard InChI is InChI=1S/C28H30FN3O3/c1-20(22-8-4-2-5-9-22)32-28(35)23-13-16-25(31-19-21-11-14-24(29)15-12-21)26(18-23)30-17-7-3-6-10-27(33)34/h2,4-5,8-9,11-18,20,31H,3,6-7,10,19H2,1H3,(H,32,35)(H,33,34)/b30-17+/t20-/m0/s1. The molecule has 0 fully saturated rings. The number of carbonyl (C=O) groups excluding carboxylic acids is 1. The molecule has 0 bridgehead atoms. The van der Waals surface area contributed by atoms with Crippen LogP contribution in [0.1, 0.15) is 60.1 Å². The zero-order valence-electron chi connectivity index (χ0n) is 19.7. The highest BCUT2D eigenvalue weighted by Crippen LogP contribution is 2.27. The maximum absolute atomic E-state index is 13.2. The van der Waals surface area contributed by atoms with E-state index < -0.39 is 5.97 Å². The number of nitrogens with one attached hydrogen (secondary N) is 2. The Labute approximate surface area is 204 Å². The molecular weight excluding hydrogens is 445 g/mol. The number of aliphatic carboxylic acids is 1. The van der Waals surface area contributed by atoms with E-state index in [1.807, 2.05) is 43.3 Å². The van der Waals surface area contributed by atoms with Gasteiger partial charge in [-0.05, 0) is 67.6 Å². The van der Waals surface area contributed by atoms with Gasteiger partial charge < -0.3 is 15.7 Å². The zero-order valence-corrected chi connectivity index (χ0v) is 19.7. The summed E-state index contributed by atoms with van der Waals surface area (Å²) >= 11 is 0. The Bertz CT molecular complexity index is 1150. The molecule has 0 unspecified atom stereocenters. The van der Waals surface area contributed by atoms with Crippen LogP contribution in [0.25, 0.3) is 0 Å². The Kier molecular flexibility index (Phi) is 9.54. The fourth-order valence-corrected chi connectivity index (χ4v) is 3.51. The Morgan fingerprint density at radius 3 is 2.49 bits per heavy atom. The molecule has 35 heavy (non-hydrogen) atoms. The van der Waals surface area contributed by atoms with Gasteiger partial charge in [-0.15, -0.1) is 0 Å². The SMILES string of the molecule is C[C@H](NC(=O)c1ccc(NCc2ccc(F)cc2)c(/N=C/CCCCC(=O)O)c1)c1ccccc1. The van der Waals surface area contributed by atoms with Crippen molar-refractivity contribution in [3.05, 3.63) is 95.3 Å². The predicted octanol–water partition coefficient (Wildman–Crippen LogP) is 6.28.